The summed E-state index contributed by atoms with van der Waals surface area (Å²) in [4.78, 5) is 16.4. The Morgan fingerprint density at radius 2 is 1.97 bits per heavy atom. The van der Waals surface area contributed by atoms with Crippen LogP contribution in [0.2, 0.25) is 0 Å². The zero-order valence-corrected chi connectivity index (χ0v) is 17.1. The molecule has 0 radical (unpaired) electrons. The van der Waals surface area contributed by atoms with Crippen LogP contribution in [0.3, 0.4) is 0 Å². The first-order valence-electron chi connectivity index (χ1n) is 10.4. The number of rotatable bonds is 4. The fourth-order valence-corrected chi connectivity index (χ4v) is 4.47. The fourth-order valence-electron chi connectivity index (χ4n) is 4.47. The van der Waals surface area contributed by atoms with Crippen LogP contribution in [0.1, 0.15) is 59.5 Å². The third kappa shape index (κ3) is 4.68. The minimum atomic E-state index is -4.68. The molecule has 1 saturated heterocycles. The van der Waals surface area contributed by atoms with E-state index in [1.165, 1.54) is 16.5 Å². The van der Waals surface area contributed by atoms with Crippen molar-refractivity contribution in [3.05, 3.63) is 34.8 Å². The molecule has 170 valence electrons. The summed E-state index contributed by atoms with van der Waals surface area (Å²) in [7, 11) is 0. The van der Waals surface area contributed by atoms with Crippen LogP contribution >= 0.6 is 0 Å². The molecule has 1 saturated carbocycles. The number of ether oxygens (including phenoxy) is 1. The van der Waals surface area contributed by atoms with E-state index in [0.717, 1.165) is 0 Å². The molecule has 10 heteroatoms. The number of fused-ring (bicyclic) bond motifs is 1. The Bertz CT molecular complexity index is 970. The van der Waals surface area contributed by atoms with Crippen LogP contribution in [0.25, 0.3) is 5.65 Å². The van der Waals surface area contributed by atoms with Gasteiger partial charge in [0, 0.05) is 30.7 Å². The largest absolute Gasteiger partial charge is 0.435 e. The standard InChI is InChI=1S/C21H24F5N3O2/c1-12-8-14(19(30)27-15-4-7-31-11-15)10-17-28-18(21(24,25)26)16(29(12)17)9-13-2-5-20(22,23)6-3-13/h8,10,13,15H,2-7,9,11H2,1H3,(H,27,30). The zero-order chi connectivity index (χ0) is 22.4. The van der Waals surface area contributed by atoms with E-state index in [1.807, 2.05) is 0 Å². The van der Waals surface area contributed by atoms with E-state index in [-0.39, 0.29) is 61.0 Å². The van der Waals surface area contributed by atoms with Crippen molar-refractivity contribution in [3.63, 3.8) is 0 Å². The van der Waals surface area contributed by atoms with Gasteiger partial charge >= 0.3 is 6.18 Å². The van der Waals surface area contributed by atoms with Gasteiger partial charge in [-0.15, -0.1) is 0 Å². The first-order chi connectivity index (χ1) is 14.5. The third-order valence-electron chi connectivity index (χ3n) is 6.11. The van der Waals surface area contributed by atoms with E-state index in [2.05, 4.69) is 10.3 Å². The summed E-state index contributed by atoms with van der Waals surface area (Å²) in [5.74, 6) is -3.41. The average Bonchev–Trinajstić information content (AvgIpc) is 3.31. The van der Waals surface area contributed by atoms with Crippen LogP contribution in [-0.2, 0) is 17.3 Å². The number of carbonyl (C=O) groups excluding carboxylic acids is 1. The molecular weight excluding hydrogens is 421 g/mol. The summed E-state index contributed by atoms with van der Waals surface area (Å²) in [6.45, 7) is 2.57. The molecule has 2 aliphatic rings. The number of hydrogen-bond acceptors (Lipinski definition) is 3. The molecule has 2 fully saturated rings. The number of hydrogen-bond donors (Lipinski definition) is 1. The fraction of sp³-hybridized carbons (Fsp3) is 0.619. The van der Waals surface area contributed by atoms with Crippen molar-refractivity contribution >= 4 is 11.6 Å². The number of alkyl halides is 5. The first kappa shape index (κ1) is 22.0. The molecule has 1 amide bonds. The van der Waals surface area contributed by atoms with Gasteiger partial charge in [0.1, 0.15) is 5.65 Å². The van der Waals surface area contributed by atoms with Crippen LogP contribution in [0.15, 0.2) is 12.1 Å². The Morgan fingerprint density at radius 1 is 1.26 bits per heavy atom. The molecule has 3 heterocycles. The lowest BCUT2D eigenvalue weighted by molar-refractivity contribution is -0.141. The van der Waals surface area contributed by atoms with Crippen molar-refractivity contribution in [1.82, 2.24) is 14.7 Å². The third-order valence-corrected chi connectivity index (χ3v) is 6.11. The maximum absolute atomic E-state index is 13.7. The number of aromatic nitrogens is 2. The molecule has 1 atom stereocenters. The molecule has 5 nitrogen and oxygen atoms in total. The Hall–Kier alpha value is -2.23. The summed E-state index contributed by atoms with van der Waals surface area (Å²) in [6, 6.07) is 2.74. The van der Waals surface area contributed by atoms with Crippen LogP contribution in [-0.4, -0.2) is 40.5 Å². The van der Waals surface area contributed by atoms with E-state index in [0.29, 0.717) is 25.3 Å². The Balaban J connectivity index is 1.67. The van der Waals surface area contributed by atoms with Gasteiger partial charge in [0.15, 0.2) is 5.69 Å². The Labute approximate surface area is 176 Å². The van der Waals surface area contributed by atoms with Crippen molar-refractivity contribution < 1.29 is 31.5 Å². The monoisotopic (exact) mass is 445 g/mol. The summed E-state index contributed by atoms with van der Waals surface area (Å²) < 4.78 is 74.8. The van der Waals surface area contributed by atoms with E-state index >= 15 is 0 Å². The highest BCUT2D eigenvalue weighted by molar-refractivity contribution is 5.95. The highest BCUT2D eigenvalue weighted by atomic mass is 19.4. The van der Waals surface area contributed by atoms with Gasteiger partial charge in [-0.25, -0.2) is 13.8 Å². The Morgan fingerprint density at radius 3 is 2.58 bits per heavy atom. The van der Waals surface area contributed by atoms with E-state index < -0.39 is 23.7 Å². The molecule has 4 rings (SSSR count). The molecule has 1 N–H and O–H groups in total. The van der Waals surface area contributed by atoms with Crippen molar-refractivity contribution in [1.29, 1.82) is 0 Å². The van der Waals surface area contributed by atoms with Crippen LogP contribution in [0.4, 0.5) is 22.0 Å². The lowest BCUT2D eigenvalue weighted by atomic mass is 9.83. The van der Waals surface area contributed by atoms with Gasteiger partial charge in [-0.1, -0.05) is 0 Å². The molecule has 0 spiro atoms. The summed E-state index contributed by atoms with van der Waals surface area (Å²) in [5.41, 5.74) is -0.374. The summed E-state index contributed by atoms with van der Waals surface area (Å²) in [5, 5.41) is 2.82. The van der Waals surface area contributed by atoms with Crippen molar-refractivity contribution in [2.45, 2.75) is 63.6 Å². The number of nitrogens with one attached hydrogen (secondary N) is 1. The maximum atomic E-state index is 13.7. The molecule has 0 aromatic carbocycles. The normalized spacial score (nSPS) is 22.2. The smallest absolute Gasteiger partial charge is 0.379 e. The van der Waals surface area contributed by atoms with E-state index in [4.69, 9.17) is 4.74 Å². The number of carbonyl (C=O) groups is 1. The lowest BCUT2D eigenvalue weighted by Gasteiger charge is -2.28. The molecule has 0 bridgehead atoms. The number of halogens is 5. The summed E-state index contributed by atoms with van der Waals surface area (Å²) >= 11 is 0. The predicted octanol–water partition coefficient (Wildman–Crippen LogP) is 4.55. The van der Waals surface area contributed by atoms with Crippen LogP contribution < -0.4 is 5.32 Å². The van der Waals surface area contributed by atoms with Crippen molar-refractivity contribution in [2.75, 3.05) is 13.2 Å². The van der Waals surface area contributed by atoms with Gasteiger partial charge < -0.3 is 14.5 Å². The van der Waals surface area contributed by atoms with E-state index in [9.17, 15) is 26.7 Å². The minimum Gasteiger partial charge on any atom is -0.379 e. The molecule has 2 aromatic rings. The van der Waals surface area contributed by atoms with Crippen molar-refractivity contribution in [2.24, 2.45) is 5.92 Å². The maximum Gasteiger partial charge on any atom is 0.435 e. The Kier molecular flexibility index (Phi) is 5.70. The van der Waals surface area contributed by atoms with Crippen molar-refractivity contribution in [3.8, 4) is 0 Å². The first-order valence-corrected chi connectivity index (χ1v) is 10.4. The molecule has 1 aliphatic heterocycles. The second-order valence-electron chi connectivity index (χ2n) is 8.52. The minimum absolute atomic E-state index is 0.0118. The topological polar surface area (TPSA) is 55.6 Å². The van der Waals surface area contributed by atoms with Gasteiger partial charge in [-0.05, 0) is 50.7 Å². The highest BCUT2D eigenvalue weighted by Gasteiger charge is 2.40. The van der Waals surface area contributed by atoms with Gasteiger partial charge in [-0.2, -0.15) is 13.2 Å². The average molecular weight is 445 g/mol. The molecule has 1 unspecified atom stereocenters. The predicted molar refractivity (Wildman–Crippen MR) is 102 cm³/mol. The molecule has 2 aromatic heterocycles. The zero-order valence-electron chi connectivity index (χ0n) is 17.1. The number of amides is 1. The van der Waals surface area contributed by atoms with Crippen LogP contribution in [0.5, 0.6) is 0 Å². The van der Waals surface area contributed by atoms with Gasteiger partial charge in [-0.3, -0.25) is 4.79 Å². The number of aryl methyl sites for hydroxylation is 1. The lowest BCUT2D eigenvalue weighted by Crippen LogP contribution is -2.35. The second kappa shape index (κ2) is 8.03. The quantitative estimate of drug-likeness (QED) is 0.703. The van der Waals surface area contributed by atoms with Gasteiger partial charge in [0.2, 0.25) is 5.92 Å². The number of imidazole rings is 1. The number of pyridine rings is 1. The SMILES string of the molecule is Cc1cc(C(=O)NC2CCOC2)cc2nc(C(F)(F)F)c(CC3CCC(F)(F)CC3)n12. The highest BCUT2D eigenvalue weighted by Crippen LogP contribution is 2.40. The molecule has 1 aliphatic carbocycles. The number of nitrogens with zero attached hydrogens (tertiary/aromatic N) is 2. The second-order valence-corrected chi connectivity index (χ2v) is 8.52. The molecular formula is C21H24F5N3O2. The van der Waals surface area contributed by atoms with Gasteiger partial charge in [0.05, 0.1) is 18.3 Å². The summed E-state index contributed by atoms with van der Waals surface area (Å²) in [6.07, 6.45) is -4.29. The van der Waals surface area contributed by atoms with Crippen LogP contribution in [0, 0.1) is 12.8 Å². The molecule has 31 heavy (non-hydrogen) atoms. The van der Waals surface area contributed by atoms with Gasteiger partial charge in [0.25, 0.3) is 5.91 Å². The van der Waals surface area contributed by atoms with E-state index in [1.54, 1.807) is 6.92 Å².